The summed E-state index contributed by atoms with van der Waals surface area (Å²) in [5, 5.41) is 11.1. The molecule has 0 amide bonds. The zero-order chi connectivity index (χ0) is 11.9. The largest absolute Gasteiger partial charge is 0.313 e. The number of nitro groups is 1. The summed E-state index contributed by atoms with van der Waals surface area (Å²) in [7, 11) is 0. The zero-order valence-corrected chi connectivity index (χ0v) is 9.74. The summed E-state index contributed by atoms with van der Waals surface area (Å²) in [5.74, 6) is 0. The minimum Gasteiger partial charge on any atom is -0.313 e. The molecule has 0 saturated heterocycles. The highest BCUT2D eigenvalue weighted by Crippen LogP contribution is 2.30. The highest BCUT2D eigenvalue weighted by molar-refractivity contribution is 9.10. The van der Waals surface area contributed by atoms with E-state index in [-0.39, 0.29) is 16.6 Å². The molecule has 0 aliphatic heterocycles. The van der Waals surface area contributed by atoms with Crippen LogP contribution in [0.2, 0.25) is 0 Å². The Bertz CT molecular complexity index is 650. The van der Waals surface area contributed by atoms with Crippen molar-refractivity contribution < 1.29 is 4.92 Å². The summed E-state index contributed by atoms with van der Waals surface area (Å²) < 4.78 is 0.500. The lowest BCUT2D eigenvalue weighted by Gasteiger charge is -2.02. The summed E-state index contributed by atoms with van der Waals surface area (Å²) in [4.78, 5) is 28.1. The standard InChI is InChI=1S/C9H6BrN3O3/c1-4-2-5(10)6-7(8(4)13(15)16)11-3-12-9(6)14/h2-3H,1H3,(H,11,12,14). The molecule has 0 atom stereocenters. The van der Waals surface area contributed by atoms with Gasteiger partial charge in [-0.2, -0.15) is 0 Å². The number of fused-ring (bicyclic) bond motifs is 1. The molecule has 6 nitrogen and oxygen atoms in total. The number of aryl methyl sites for hydroxylation is 1. The summed E-state index contributed by atoms with van der Waals surface area (Å²) in [6.07, 6.45) is 1.16. The van der Waals surface area contributed by atoms with E-state index in [9.17, 15) is 14.9 Å². The highest BCUT2D eigenvalue weighted by Gasteiger charge is 2.20. The third-order valence-electron chi connectivity index (χ3n) is 2.22. The first-order valence-corrected chi connectivity index (χ1v) is 5.12. The summed E-state index contributed by atoms with van der Waals surface area (Å²) in [6.45, 7) is 1.60. The van der Waals surface area contributed by atoms with Crippen LogP contribution in [0, 0.1) is 17.0 Å². The molecule has 0 radical (unpaired) electrons. The zero-order valence-electron chi connectivity index (χ0n) is 8.15. The van der Waals surface area contributed by atoms with E-state index in [4.69, 9.17) is 0 Å². The normalized spacial score (nSPS) is 10.6. The van der Waals surface area contributed by atoms with Crippen molar-refractivity contribution in [2.45, 2.75) is 6.92 Å². The van der Waals surface area contributed by atoms with Crippen LogP contribution in [0.15, 0.2) is 21.7 Å². The number of benzene rings is 1. The van der Waals surface area contributed by atoms with Gasteiger partial charge in [0.05, 0.1) is 16.6 Å². The van der Waals surface area contributed by atoms with Crippen LogP contribution in [0.25, 0.3) is 10.9 Å². The van der Waals surface area contributed by atoms with Gasteiger partial charge in [-0.05, 0) is 28.9 Å². The van der Waals surface area contributed by atoms with Crippen molar-refractivity contribution in [2.24, 2.45) is 0 Å². The number of nitro benzene ring substituents is 1. The second kappa shape index (κ2) is 3.67. The smallest absolute Gasteiger partial charge is 0.298 e. The number of nitrogens with one attached hydrogen (secondary N) is 1. The van der Waals surface area contributed by atoms with Crippen molar-refractivity contribution >= 4 is 32.5 Å². The maximum atomic E-state index is 11.5. The molecule has 1 heterocycles. The second-order valence-corrected chi connectivity index (χ2v) is 4.09. The minimum absolute atomic E-state index is 0.0978. The number of halogens is 1. The van der Waals surface area contributed by atoms with E-state index in [1.54, 1.807) is 6.92 Å². The molecule has 0 bridgehead atoms. The maximum absolute atomic E-state index is 11.5. The number of aromatic nitrogens is 2. The van der Waals surface area contributed by atoms with Crippen molar-refractivity contribution in [3.8, 4) is 0 Å². The van der Waals surface area contributed by atoms with Gasteiger partial charge in [-0.25, -0.2) is 4.98 Å². The van der Waals surface area contributed by atoms with Crippen molar-refractivity contribution in [1.82, 2.24) is 9.97 Å². The molecule has 82 valence electrons. The predicted molar refractivity (Wildman–Crippen MR) is 61.5 cm³/mol. The molecule has 2 aromatic rings. The van der Waals surface area contributed by atoms with E-state index < -0.39 is 10.5 Å². The van der Waals surface area contributed by atoms with Crippen molar-refractivity contribution in [3.05, 3.63) is 42.9 Å². The number of nitrogens with zero attached hydrogens (tertiary/aromatic N) is 2. The van der Waals surface area contributed by atoms with Gasteiger partial charge in [0.15, 0.2) is 5.52 Å². The van der Waals surface area contributed by atoms with E-state index in [0.29, 0.717) is 10.0 Å². The van der Waals surface area contributed by atoms with Gasteiger partial charge < -0.3 is 4.98 Å². The Balaban J connectivity index is 3.08. The Labute approximate surface area is 97.6 Å². The summed E-state index contributed by atoms with van der Waals surface area (Å²) >= 11 is 3.20. The van der Waals surface area contributed by atoms with Crippen LogP contribution in [0.3, 0.4) is 0 Å². The fourth-order valence-electron chi connectivity index (χ4n) is 1.55. The molecule has 0 fully saturated rings. The molecular formula is C9H6BrN3O3. The Hall–Kier alpha value is -1.76. The number of H-pyrrole nitrogens is 1. The quantitative estimate of drug-likeness (QED) is 0.639. The minimum atomic E-state index is -0.531. The molecule has 1 aromatic carbocycles. The Morgan fingerprint density at radius 3 is 2.88 bits per heavy atom. The molecule has 0 saturated carbocycles. The summed E-state index contributed by atoms with van der Waals surface area (Å²) in [5.41, 5.74) is 0.0207. The number of hydrogen-bond acceptors (Lipinski definition) is 4. The van der Waals surface area contributed by atoms with Crippen molar-refractivity contribution in [1.29, 1.82) is 0 Å². The fourth-order valence-corrected chi connectivity index (χ4v) is 2.26. The van der Waals surface area contributed by atoms with Crippen molar-refractivity contribution in [2.75, 3.05) is 0 Å². The van der Waals surface area contributed by atoms with Gasteiger partial charge in [0.25, 0.3) is 11.2 Å². The Morgan fingerprint density at radius 1 is 1.56 bits per heavy atom. The van der Waals surface area contributed by atoms with Gasteiger partial charge in [0, 0.05) is 10.0 Å². The molecule has 0 unspecified atom stereocenters. The van der Waals surface area contributed by atoms with Crippen molar-refractivity contribution in [3.63, 3.8) is 0 Å². The predicted octanol–water partition coefficient (Wildman–Crippen LogP) is 1.90. The molecule has 7 heteroatoms. The number of rotatable bonds is 1. The van der Waals surface area contributed by atoms with Crippen LogP contribution in [0.1, 0.15) is 5.56 Å². The first kappa shape index (κ1) is 10.7. The monoisotopic (exact) mass is 283 g/mol. The molecule has 2 rings (SSSR count). The van der Waals surface area contributed by atoms with Gasteiger partial charge in [0.2, 0.25) is 0 Å². The van der Waals surface area contributed by atoms with Crippen LogP contribution in [0.5, 0.6) is 0 Å². The maximum Gasteiger partial charge on any atom is 0.298 e. The molecular weight excluding hydrogens is 278 g/mol. The molecule has 1 aromatic heterocycles. The molecule has 0 spiro atoms. The molecule has 16 heavy (non-hydrogen) atoms. The number of aromatic amines is 1. The second-order valence-electron chi connectivity index (χ2n) is 3.24. The SMILES string of the molecule is Cc1cc(Br)c2c(=O)[nH]cnc2c1[N+](=O)[O-]. The van der Waals surface area contributed by atoms with Crippen LogP contribution in [0.4, 0.5) is 5.69 Å². The lowest BCUT2D eigenvalue weighted by atomic mass is 10.1. The average molecular weight is 284 g/mol. The van der Waals surface area contributed by atoms with Gasteiger partial charge in [-0.15, -0.1) is 0 Å². The molecule has 1 N–H and O–H groups in total. The highest BCUT2D eigenvalue weighted by atomic mass is 79.9. The third-order valence-corrected chi connectivity index (χ3v) is 2.84. The third kappa shape index (κ3) is 1.49. The van der Waals surface area contributed by atoms with Gasteiger partial charge >= 0.3 is 0 Å². The first-order valence-electron chi connectivity index (χ1n) is 4.33. The lowest BCUT2D eigenvalue weighted by Crippen LogP contribution is -2.09. The molecule has 0 aliphatic carbocycles. The number of hydrogen-bond donors (Lipinski definition) is 1. The molecule has 0 aliphatic rings. The van der Waals surface area contributed by atoms with E-state index in [1.807, 2.05) is 0 Å². The fraction of sp³-hybridized carbons (Fsp3) is 0.111. The Morgan fingerprint density at radius 2 is 2.25 bits per heavy atom. The van der Waals surface area contributed by atoms with E-state index in [1.165, 1.54) is 6.07 Å². The van der Waals surface area contributed by atoms with Crippen LogP contribution >= 0.6 is 15.9 Å². The lowest BCUT2D eigenvalue weighted by molar-refractivity contribution is -0.383. The van der Waals surface area contributed by atoms with Gasteiger partial charge in [-0.1, -0.05) is 0 Å². The van der Waals surface area contributed by atoms with E-state index in [2.05, 4.69) is 25.9 Å². The first-order chi connectivity index (χ1) is 7.52. The van der Waals surface area contributed by atoms with Gasteiger partial charge in [0.1, 0.15) is 0 Å². The van der Waals surface area contributed by atoms with E-state index >= 15 is 0 Å². The Kier molecular flexibility index (Phi) is 2.47. The van der Waals surface area contributed by atoms with Gasteiger partial charge in [-0.3, -0.25) is 14.9 Å². The topological polar surface area (TPSA) is 88.9 Å². The average Bonchev–Trinajstić information content (AvgIpc) is 2.15. The van der Waals surface area contributed by atoms with Crippen LogP contribution < -0.4 is 5.56 Å². The van der Waals surface area contributed by atoms with Crippen LogP contribution in [-0.2, 0) is 0 Å². The summed E-state index contributed by atoms with van der Waals surface area (Å²) in [6, 6.07) is 1.54. The van der Waals surface area contributed by atoms with Crippen LogP contribution in [-0.4, -0.2) is 14.9 Å². The van der Waals surface area contributed by atoms with E-state index in [0.717, 1.165) is 6.33 Å².